The van der Waals surface area contributed by atoms with Crippen LogP contribution in [0.1, 0.15) is 10.4 Å². The summed E-state index contributed by atoms with van der Waals surface area (Å²) in [7, 11) is 0. The summed E-state index contributed by atoms with van der Waals surface area (Å²) in [4.78, 5) is 12.8. The molecule has 0 aliphatic carbocycles. The maximum absolute atomic E-state index is 12.8. The van der Waals surface area contributed by atoms with Gasteiger partial charge >= 0.3 is 0 Å². The first-order chi connectivity index (χ1) is 14.3. The van der Waals surface area contributed by atoms with E-state index in [-0.39, 0.29) is 5.91 Å². The Morgan fingerprint density at radius 3 is 1.90 bits per heavy atom. The molecule has 0 spiro atoms. The second-order valence-corrected chi connectivity index (χ2v) is 6.43. The third-order valence-corrected chi connectivity index (χ3v) is 4.32. The third kappa shape index (κ3) is 4.82. The Labute approximate surface area is 169 Å². The summed E-state index contributed by atoms with van der Waals surface area (Å²) in [5.74, 6) is 1.30. The Bertz CT molecular complexity index is 1080. The Morgan fingerprint density at radius 2 is 1.17 bits per heavy atom. The monoisotopic (exact) mass is 380 g/mol. The fourth-order valence-corrected chi connectivity index (χ4v) is 2.90. The van der Waals surface area contributed by atoms with E-state index >= 15 is 0 Å². The highest BCUT2D eigenvalue weighted by Crippen LogP contribution is 2.24. The first kappa shape index (κ1) is 18.3. The number of carbonyl (C=O) groups excluding carboxylic acids is 1. The average Bonchev–Trinajstić information content (AvgIpc) is 2.77. The lowest BCUT2D eigenvalue weighted by atomic mass is 10.1. The van der Waals surface area contributed by atoms with Crippen LogP contribution >= 0.6 is 0 Å². The van der Waals surface area contributed by atoms with Crippen LogP contribution in [0.4, 0.5) is 17.1 Å². The van der Waals surface area contributed by atoms with Gasteiger partial charge in [-0.3, -0.25) is 4.79 Å². The minimum atomic E-state index is -0.180. The van der Waals surface area contributed by atoms with Gasteiger partial charge in [-0.2, -0.15) is 0 Å². The van der Waals surface area contributed by atoms with Crippen LogP contribution in [-0.4, -0.2) is 5.91 Å². The van der Waals surface area contributed by atoms with Gasteiger partial charge in [0.25, 0.3) is 5.91 Å². The molecule has 4 aromatic rings. The van der Waals surface area contributed by atoms with Crippen molar-refractivity contribution in [3.8, 4) is 11.5 Å². The molecule has 0 fully saturated rings. The van der Waals surface area contributed by atoms with Gasteiger partial charge < -0.3 is 15.4 Å². The molecule has 142 valence electrons. The molecule has 0 radical (unpaired) electrons. The van der Waals surface area contributed by atoms with Crippen molar-refractivity contribution in [3.05, 3.63) is 115 Å². The number of para-hydroxylation sites is 3. The fraction of sp³-hybridized carbons (Fsp3) is 0. The summed E-state index contributed by atoms with van der Waals surface area (Å²) in [6, 6.07) is 34.1. The zero-order valence-corrected chi connectivity index (χ0v) is 15.7. The van der Waals surface area contributed by atoms with Crippen molar-refractivity contribution in [1.82, 2.24) is 0 Å². The number of carbonyl (C=O) groups is 1. The van der Waals surface area contributed by atoms with Crippen molar-refractivity contribution in [1.29, 1.82) is 0 Å². The van der Waals surface area contributed by atoms with Crippen LogP contribution in [0.2, 0.25) is 0 Å². The highest BCUT2D eigenvalue weighted by atomic mass is 16.5. The smallest absolute Gasteiger partial charge is 0.257 e. The van der Waals surface area contributed by atoms with Crippen LogP contribution in [0.15, 0.2) is 109 Å². The molecule has 0 aliphatic rings. The van der Waals surface area contributed by atoms with Gasteiger partial charge in [-0.1, -0.05) is 48.5 Å². The molecule has 0 aliphatic heterocycles. The number of anilines is 3. The van der Waals surface area contributed by atoms with Crippen molar-refractivity contribution in [2.75, 3.05) is 10.6 Å². The van der Waals surface area contributed by atoms with E-state index in [4.69, 9.17) is 4.74 Å². The molecule has 1 amide bonds. The molecule has 0 atom stereocenters. The quantitative estimate of drug-likeness (QED) is 0.403. The van der Waals surface area contributed by atoms with E-state index in [1.54, 1.807) is 6.07 Å². The molecular formula is C25H20N2O2. The minimum absolute atomic E-state index is 0.180. The van der Waals surface area contributed by atoms with E-state index in [0.717, 1.165) is 17.1 Å². The highest BCUT2D eigenvalue weighted by Gasteiger charge is 2.11. The maximum atomic E-state index is 12.8. The van der Waals surface area contributed by atoms with Gasteiger partial charge in [0.05, 0.1) is 11.3 Å². The predicted molar refractivity (Wildman–Crippen MR) is 117 cm³/mol. The van der Waals surface area contributed by atoms with Crippen LogP contribution < -0.4 is 15.4 Å². The van der Waals surface area contributed by atoms with Crippen LogP contribution in [0, 0.1) is 0 Å². The standard InChI is InChI=1S/C25H20N2O2/c28-25(23-13-7-8-14-24(23)26-19-9-3-1-4-10-19)27-20-15-17-22(18-16-20)29-21-11-5-2-6-12-21/h1-18,26H,(H,27,28). The lowest BCUT2D eigenvalue weighted by Gasteiger charge is -2.13. The van der Waals surface area contributed by atoms with E-state index in [0.29, 0.717) is 17.0 Å². The maximum Gasteiger partial charge on any atom is 0.257 e. The molecule has 29 heavy (non-hydrogen) atoms. The molecule has 0 saturated heterocycles. The Balaban J connectivity index is 1.46. The number of hydrogen-bond acceptors (Lipinski definition) is 3. The van der Waals surface area contributed by atoms with Crippen molar-refractivity contribution in [2.24, 2.45) is 0 Å². The number of rotatable bonds is 6. The van der Waals surface area contributed by atoms with Gasteiger partial charge in [0.1, 0.15) is 11.5 Å². The van der Waals surface area contributed by atoms with Crippen LogP contribution in [-0.2, 0) is 0 Å². The van der Waals surface area contributed by atoms with Crippen LogP contribution in [0.3, 0.4) is 0 Å². The van der Waals surface area contributed by atoms with Gasteiger partial charge in [0.2, 0.25) is 0 Å². The molecule has 4 rings (SSSR count). The van der Waals surface area contributed by atoms with Gasteiger partial charge in [-0.25, -0.2) is 0 Å². The molecule has 0 bridgehead atoms. The molecular weight excluding hydrogens is 360 g/mol. The lowest BCUT2D eigenvalue weighted by Crippen LogP contribution is -2.13. The van der Waals surface area contributed by atoms with Crippen molar-refractivity contribution < 1.29 is 9.53 Å². The summed E-state index contributed by atoms with van der Waals surface area (Å²) in [5, 5.41) is 6.24. The zero-order chi connectivity index (χ0) is 19.9. The number of ether oxygens (including phenoxy) is 1. The lowest BCUT2D eigenvalue weighted by molar-refractivity contribution is 0.102. The highest BCUT2D eigenvalue weighted by molar-refractivity contribution is 6.08. The number of hydrogen-bond donors (Lipinski definition) is 2. The van der Waals surface area contributed by atoms with E-state index in [9.17, 15) is 4.79 Å². The molecule has 4 heteroatoms. The summed E-state index contributed by atoms with van der Waals surface area (Å²) in [6.07, 6.45) is 0. The zero-order valence-electron chi connectivity index (χ0n) is 15.7. The molecule has 4 aromatic carbocycles. The number of benzene rings is 4. The van der Waals surface area contributed by atoms with Gasteiger partial charge in [-0.15, -0.1) is 0 Å². The summed E-state index contributed by atoms with van der Waals surface area (Å²) >= 11 is 0. The molecule has 0 unspecified atom stereocenters. The van der Waals surface area contributed by atoms with Gasteiger partial charge in [0, 0.05) is 11.4 Å². The largest absolute Gasteiger partial charge is 0.457 e. The van der Waals surface area contributed by atoms with Crippen LogP contribution in [0.25, 0.3) is 0 Å². The van der Waals surface area contributed by atoms with E-state index in [1.165, 1.54) is 0 Å². The van der Waals surface area contributed by atoms with E-state index in [1.807, 2.05) is 103 Å². The second-order valence-electron chi connectivity index (χ2n) is 6.43. The van der Waals surface area contributed by atoms with Crippen molar-refractivity contribution >= 4 is 23.0 Å². The van der Waals surface area contributed by atoms with Crippen molar-refractivity contribution in [2.45, 2.75) is 0 Å². The minimum Gasteiger partial charge on any atom is -0.457 e. The second kappa shape index (κ2) is 8.76. The Hall–Kier alpha value is -4.05. The van der Waals surface area contributed by atoms with E-state index < -0.39 is 0 Å². The SMILES string of the molecule is O=C(Nc1ccc(Oc2ccccc2)cc1)c1ccccc1Nc1ccccc1. The van der Waals surface area contributed by atoms with Crippen LogP contribution in [0.5, 0.6) is 11.5 Å². The summed E-state index contributed by atoms with van der Waals surface area (Å²) < 4.78 is 5.79. The predicted octanol–water partition coefficient (Wildman–Crippen LogP) is 6.47. The number of amides is 1. The fourth-order valence-electron chi connectivity index (χ4n) is 2.90. The Kier molecular flexibility index (Phi) is 5.53. The third-order valence-electron chi connectivity index (χ3n) is 4.32. The normalized spacial score (nSPS) is 10.2. The molecule has 2 N–H and O–H groups in total. The first-order valence-electron chi connectivity index (χ1n) is 9.33. The molecule has 0 heterocycles. The summed E-state index contributed by atoms with van der Waals surface area (Å²) in [5.41, 5.74) is 2.95. The first-order valence-corrected chi connectivity index (χ1v) is 9.33. The molecule has 0 saturated carbocycles. The average molecular weight is 380 g/mol. The van der Waals surface area contributed by atoms with Gasteiger partial charge in [0.15, 0.2) is 0 Å². The topological polar surface area (TPSA) is 50.4 Å². The van der Waals surface area contributed by atoms with E-state index in [2.05, 4.69) is 10.6 Å². The number of nitrogens with one attached hydrogen (secondary N) is 2. The molecule has 4 nitrogen and oxygen atoms in total. The molecule has 0 aromatic heterocycles. The Morgan fingerprint density at radius 1 is 0.586 bits per heavy atom. The summed E-state index contributed by atoms with van der Waals surface area (Å²) in [6.45, 7) is 0. The van der Waals surface area contributed by atoms with Gasteiger partial charge in [-0.05, 0) is 60.7 Å². The van der Waals surface area contributed by atoms with Crippen molar-refractivity contribution in [3.63, 3.8) is 0 Å².